The number of nitrogens with zero attached hydrogens (tertiary/aromatic N) is 1. The van der Waals surface area contributed by atoms with Gasteiger partial charge in [-0.25, -0.2) is 0 Å². The second-order valence-electron chi connectivity index (χ2n) is 6.71. The van der Waals surface area contributed by atoms with E-state index in [0.717, 1.165) is 17.5 Å². The molecule has 0 saturated carbocycles. The zero-order valence-electron chi connectivity index (χ0n) is 16.3. The molecule has 0 aromatic heterocycles. The Morgan fingerprint density at radius 1 is 1.04 bits per heavy atom. The average Bonchev–Trinajstić information content (AvgIpc) is 2.69. The Hall–Kier alpha value is -2.04. The second-order valence-corrected chi connectivity index (χ2v) is 7.53. The number of halogens is 2. The van der Waals surface area contributed by atoms with Crippen LogP contribution in [0.4, 0.5) is 0 Å². The van der Waals surface area contributed by atoms with Crippen LogP contribution in [0.5, 0.6) is 0 Å². The molecule has 2 aromatic carbocycles. The van der Waals surface area contributed by atoms with Gasteiger partial charge in [-0.2, -0.15) is 0 Å². The van der Waals surface area contributed by atoms with Crippen LogP contribution in [0.1, 0.15) is 31.4 Å². The fraction of sp³-hybridized carbons (Fsp3) is 0.364. The highest BCUT2D eigenvalue weighted by atomic mass is 35.5. The minimum atomic E-state index is -0.550. The molecule has 0 radical (unpaired) electrons. The average molecular weight is 421 g/mol. The number of rotatable bonds is 9. The summed E-state index contributed by atoms with van der Waals surface area (Å²) in [6.07, 6.45) is 1.69. The number of carbonyl (C=O) groups excluding carboxylic acids is 2. The lowest BCUT2D eigenvalue weighted by Gasteiger charge is -2.29. The Labute approximate surface area is 176 Å². The molecule has 2 rings (SSSR count). The van der Waals surface area contributed by atoms with Crippen LogP contribution >= 0.6 is 23.2 Å². The van der Waals surface area contributed by atoms with E-state index >= 15 is 0 Å². The van der Waals surface area contributed by atoms with E-state index < -0.39 is 6.04 Å². The Bertz CT molecular complexity index is 796. The number of hydrogen-bond acceptors (Lipinski definition) is 2. The maximum Gasteiger partial charge on any atom is 0.242 e. The number of carbonyl (C=O) groups is 2. The van der Waals surface area contributed by atoms with Crippen molar-refractivity contribution in [3.63, 3.8) is 0 Å². The number of nitrogens with one attached hydrogen (secondary N) is 1. The minimum Gasteiger partial charge on any atom is -0.354 e. The smallest absolute Gasteiger partial charge is 0.242 e. The minimum absolute atomic E-state index is 0.117. The lowest BCUT2D eigenvalue weighted by atomic mass is 10.1. The summed E-state index contributed by atoms with van der Waals surface area (Å²) in [5.74, 6) is -0.258. The molecule has 2 amide bonds. The Morgan fingerprint density at radius 3 is 2.39 bits per heavy atom. The highest BCUT2D eigenvalue weighted by molar-refractivity contribution is 6.42. The first kappa shape index (κ1) is 22.3. The van der Waals surface area contributed by atoms with E-state index in [2.05, 4.69) is 5.32 Å². The molecule has 28 heavy (non-hydrogen) atoms. The van der Waals surface area contributed by atoms with Crippen LogP contribution in [0.2, 0.25) is 10.0 Å². The summed E-state index contributed by atoms with van der Waals surface area (Å²) in [6.45, 7) is 4.82. The Balaban J connectivity index is 2.13. The van der Waals surface area contributed by atoms with Gasteiger partial charge in [0.15, 0.2) is 0 Å². The number of hydrogen-bond donors (Lipinski definition) is 1. The van der Waals surface area contributed by atoms with Gasteiger partial charge in [-0.3, -0.25) is 9.59 Å². The van der Waals surface area contributed by atoms with Crippen molar-refractivity contribution >= 4 is 35.0 Å². The van der Waals surface area contributed by atoms with Gasteiger partial charge in [-0.1, -0.05) is 66.5 Å². The van der Waals surface area contributed by atoms with Gasteiger partial charge in [-0.15, -0.1) is 0 Å². The maximum atomic E-state index is 13.0. The van der Waals surface area contributed by atoms with Crippen molar-refractivity contribution < 1.29 is 9.59 Å². The largest absolute Gasteiger partial charge is 0.354 e. The molecule has 0 aliphatic rings. The summed E-state index contributed by atoms with van der Waals surface area (Å²) in [4.78, 5) is 27.1. The van der Waals surface area contributed by atoms with E-state index in [1.54, 1.807) is 30.0 Å². The summed E-state index contributed by atoms with van der Waals surface area (Å²) in [5.41, 5.74) is 1.89. The van der Waals surface area contributed by atoms with Crippen LogP contribution in [-0.2, 0) is 22.4 Å². The predicted octanol–water partition coefficient (Wildman–Crippen LogP) is 4.52. The molecular formula is C22H26Cl2N2O2. The van der Waals surface area contributed by atoms with E-state index in [-0.39, 0.29) is 18.2 Å². The van der Waals surface area contributed by atoms with Crippen molar-refractivity contribution in [1.82, 2.24) is 10.2 Å². The zero-order chi connectivity index (χ0) is 20.5. The van der Waals surface area contributed by atoms with E-state index in [1.165, 1.54) is 0 Å². The predicted molar refractivity (Wildman–Crippen MR) is 115 cm³/mol. The second kappa shape index (κ2) is 11.1. The lowest BCUT2D eigenvalue weighted by Crippen LogP contribution is -2.49. The third-order valence-electron chi connectivity index (χ3n) is 4.54. The summed E-state index contributed by atoms with van der Waals surface area (Å²) in [5, 5.41) is 3.74. The van der Waals surface area contributed by atoms with Gasteiger partial charge in [0.25, 0.3) is 0 Å². The molecule has 0 aliphatic heterocycles. The fourth-order valence-electron chi connectivity index (χ4n) is 2.89. The molecule has 0 aliphatic carbocycles. The summed E-state index contributed by atoms with van der Waals surface area (Å²) >= 11 is 12.0. The molecule has 150 valence electrons. The van der Waals surface area contributed by atoms with E-state index in [1.807, 2.05) is 37.3 Å². The molecule has 0 fully saturated rings. The summed E-state index contributed by atoms with van der Waals surface area (Å²) in [7, 11) is 0. The van der Waals surface area contributed by atoms with Crippen LogP contribution in [-0.4, -0.2) is 35.8 Å². The van der Waals surface area contributed by atoms with Crippen LogP contribution in [0.3, 0.4) is 0 Å². The van der Waals surface area contributed by atoms with Crippen molar-refractivity contribution in [1.29, 1.82) is 0 Å². The third kappa shape index (κ3) is 6.54. The first-order valence-electron chi connectivity index (χ1n) is 9.47. The molecule has 1 N–H and O–H groups in total. The standard InChI is InChI=1S/C22H26Cl2N2O2/c1-3-12-25-22(28)16(2)26(13-11-17-7-5-4-6-8-17)21(27)15-18-9-10-19(23)20(24)14-18/h4-10,14,16H,3,11-13,15H2,1-2H3,(H,25,28). The van der Waals surface area contributed by atoms with Gasteiger partial charge in [0.2, 0.25) is 11.8 Å². The first-order valence-corrected chi connectivity index (χ1v) is 10.2. The van der Waals surface area contributed by atoms with E-state index in [9.17, 15) is 9.59 Å². The number of amides is 2. The van der Waals surface area contributed by atoms with Crippen molar-refractivity contribution in [3.05, 3.63) is 69.7 Å². The van der Waals surface area contributed by atoms with Gasteiger partial charge < -0.3 is 10.2 Å². The quantitative estimate of drug-likeness (QED) is 0.647. The molecular weight excluding hydrogens is 395 g/mol. The van der Waals surface area contributed by atoms with Gasteiger partial charge in [-0.05, 0) is 43.0 Å². The molecule has 1 unspecified atom stereocenters. The molecule has 0 heterocycles. The fourth-order valence-corrected chi connectivity index (χ4v) is 3.21. The Kier molecular flexibility index (Phi) is 8.81. The maximum absolute atomic E-state index is 13.0. The van der Waals surface area contributed by atoms with Crippen molar-refractivity contribution in [3.8, 4) is 0 Å². The van der Waals surface area contributed by atoms with Gasteiger partial charge >= 0.3 is 0 Å². The Morgan fingerprint density at radius 2 is 1.75 bits per heavy atom. The van der Waals surface area contributed by atoms with Gasteiger partial charge in [0, 0.05) is 13.1 Å². The van der Waals surface area contributed by atoms with Crippen LogP contribution < -0.4 is 5.32 Å². The molecule has 0 spiro atoms. The van der Waals surface area contributed by atoms with Crippen molar-refractivity contribution in [2.45, 2.75) is 39.2 Å². The monoisotopic (exact) mass is 420 g/mol. The summed E-state index contributed by atoms with van der Waals surface area (Å²) in [6, 6.07) is 14.5. The molecule has 6 heteroatoms. The first-order chi connectivity index (χ1) is 13.4. The normalized spacial score (nSPS) is 11.7. The zero-order valence-corrected chi connectivity index (χ0v) is 17.8. The van der Waals surface area contributed by atoms with Crippen molar-refractivity contribution in [2.24, 2.45) is 0 Å². The topological polar surface area (TPSA) is 49.4 Å². The number of benzene rings is 2. The van der Waals surface area contributed by atoms with Crippen LogP contribution in [0.25, 0.3) is 0 Å². The summed E-state index contributed by atoms with van der Waals surface area (Å²) < 4.78 is 0. The molecule has 1 atom stereocenters. The molecule has 2 aromatic rings. The van der Waals surface area contributed by atoms with E-state index in [4.69, 9.17) is 23.2 Å². The van der Waals surface area contributed by atoms with Gasteiger partial charge in [0.1, 0.15) is 6.04 Å². The highest BCUT2D eigenvalue weighted by Crippen LogP contribution is 2.23. The van der Waals surface area contributed by atoms with Crippen molar-refractivity contribution in [2.75, 3.05) is 13.1 Å². The molecule has 4 nitrogen and oxygen atoms in total. The molecule has 0 bridgehead atoms. The van der Waals surface area contributed by atoms with Gasteiger partial charge in [0.05, 0.1) is 16.5 Å². The van der Waals surface area contributed by atoms with Crippen LogP contribution in [0, 0.1) is 0 Å². The lowest BCUT2D eigenvalue weighted by molar-refractivity contribution is -0.139. The SMILES string of the molecule is CCCNC(=O)C(C)N(CCc1ccccc1)C(=O)Cc1ccc(Cl)c(Cl)c1. The molecule has 0 saturated heterocycles. The van der Waals surface area contributed by atoms with Crippen LogP contribution in [0.15, 0.2) is 48.5 Å². The third-order valence-corrected chi connectivity index (χ3v) is 5.28. The highest BCUT2D eigenvalue weighted by Gasteiger charge is 2.25. The van der Waals surface area contributed by atoms with E-state index in [0.29, 0.717) is 29.6 Å².